The van der Waals surface area contributed by atoms with E-state index in [9.17, 15) is 17.6 Å². The lowest BCUT2D eigenvalue weighted by Crippen LogP contribution is -2.26. The lowest BCUT2D eigenvalue weighted by Gasteiger charge is -2.18. The fourth-order valence-electron chi connectivity index (χ4n) is 2.87. The minimum atomic E-state index is -3.85. The van der Waals surface area contributed by atoms with E-state index in [1.807, 2.05) is 0 Å². The van der Waals surface area contributed by atoms with Crippen LogP contribution < -0.4 is 9.46 Å². The van der Waals surface area contributed by atoms with Crippen LogP contribution in [0.4, 0.5) is 10.1 Å². The zero-order valence-corrected chi connectivity index (χ0v) is 17.3. The van der Waals surface area contributed by atoms with Crippen LogP contribution in [0.3, 0.4) is 0 Å². The van der Waals surface area contributed by atoms with Gasteiger partial charge in [0.25, 0.3) is 15.9 Å². The van der Waals surface area contributed by atoms with E-state index in [2.05, 4.69) is 4.72 Å². The van der Waals surface area contributed by atoms with Crippen molar-refractivity contribution in [2.75, 3.05) is 18.9 Å². The maximum absolute atomic E-state index is 13.0. The molecule has 0 aliphatic carbocycles. The van der Waals surface area contributed by atoms with E-state index in [0.717, 1.165) is 5.56 Å². The molecule has 0 atom stereocenters. The number of para-hydroxylation sites is 2. The average Bonchev–Trinajstić information content (AvgIpc) is 2.75. The highest BCUT2D eigenvalue weighted by Gasteiger charge is 2.18. The van der Waals surface area contributed by atoms with Crippen LogP contribution in [-0.4, -0.2) is 33.4 Å². The highest BCUT2D eigenvalue weighted by Crippen LogP contribution is 2.26. The van der Waals surface area contributed by atoms with Gasteiger partial charge in [0.1, 0.15) is 11.6 Å². The maximum atomic E-state index is 13.0. The average molecular weight is 428 g/mol. The largest absolute Gasteiger partial charge is 0.495 e. The summed E-state index contributed by atoms with van der Waals surface area (Å²) >= 11 is 0. The van der Waals surface area contributed by atoms with Crippen LogP contribution in [0.1, 0.15) is 15.9 Å². The summed E-state index contributed by atoms with van der Waals surface area (Å²) in [6.07, 6.45) is 0. The first-order valence-electron chi connectivity index (χ1n) is 9.06. The molecule has 3 rings (SSSR count). The van der Waals surface area contributed by atoms with Gasteiger partial charge in [-0.05, 0) is 54.1 Å². The Morgan fingerprint density at radius 2 is 1.63 bits per heavy atom. The number of hydrogen-bond donors (Lipinski definition) is 1. The molecular formula is C22H21FN2O4S. The second-order valence-electron chi connectivity index (χ2n) is 6.62. The first-order valence-corrected chi connectivity index (χ1v) is 10.5. The topological polar surface area (TPSA) is 75.7 Å². The van der Waals surface area contributed by atoms with Gasteiger partial charge in [0.2, 0.25) is 0 Å². The molecule has 0 fully saturated rings. The molecule has 0 saturated heterocycles. The van der Waals surface area contributed by atoms with Crippen LogP contribution in [0.15, 0.2) is 77.7 Å². The second kappa shape index (κ2) is 8.96. The third-order valence-corrected chi connectivity index (χ3v) is 5.82. The van der Waals surface area contributed by atoms with Gasteiger partial charge in [0.05, 0.1) is 17.7 Å². The van der Waals surface area contributed by atoms with E-state index >= 15 is 0 Å². The lowest BCUT2D eigenvalue weighted by molar-refractivity contribution is 0.0785. The SMILES string of the molecule is COc1ccccc1NS(=O)(=O)c1ccc(C(=O)N(C)Cc2ccc(F)cc2)cc1. The molecule has 0 aliphatic rings. The molecular weight excluding hydrogens is 407 g/mol. The number of carbonyl (C=O) groups is 1. The Morgan fingerprint density at radius 1 is 1.00 bits per heavy atom. The third kappa shape index (κ3) is 4.96. The summed E-state index contributed by atoms with van der Waals surface area (Å²) in [5.74, 6) is -0.220. The molecule has 0 spiro atoms. The number of carbonyl (C=O) groups excluding carboxylic acids is 1. The minimum absolute atomic E-state index is 0.0196. The van der Waals surface area contributed by atoms with Crippen molar-refractivity contribution in [2.24, 2.45) is 0 Å². The Kier molecular flexibility index (Phi) is 6.37. The number of anilines is 1. The Bertz CT molecular complexity index is 1130. The summed E-state index contributed by atoms with van der Waals surface area (Å²) in [6.45, 7) is 0.300. The monoisotopic (exact) mass is 428 g/mol. The van der Waals surface area contributed by atoms with Gasteiger partial charge in [-0.2, -0.15) is 0 Å². The van der Waals surface area contributed by atoms with Crippen molar-refractivity contribution in [3.63, 3.8) is 0 Å². The van der Waals surface area contributed by atoms with Gasteiger partial charge in [-0.3, -0.25) is 9.52 Å². The number of amides is 1. The molecule has 0 radical (unpaired) electrons. The summed E-state index contributed by atoms with van der Waals surface area (Å²) in [5.41, 5.74) is 1.45. The predicted molar refractivity (Wildman–Crippen MR) is 112 cm³/mol. The molecule has 6 nitrogen and oxygen atoms in total. The number of ether oxygens (including phenoxy) is 1. The fourth-order valence-corrected chi connectivity index (χ4v) is 3.94. The molecule has 3 aromatic carbocycles. The molecule has 1 N–H and O–H groups in total. The molecule has 8 heteroatoms. The van der Waals surface area contributed by atoms with Crippen molar-refractivity contribution >= 4 is 21.6 Å². The van der Waals surface area contributed by atoms with Crippen molar-refractivity contribution in [2.45, 2.75) is 11.4 Å². The normalized spacial score (nSPS) is 11.0. The van der Waals surface area contributed by atoms with E-state index < -0.39 is 10.0 Å². The molecule has 0 aromatic heterocycles. The van der Waals surface area contributed by atoms with Crippen LogP contribution in [0, 0.1) is 5.82 Å². The van der Waals surface area contributed by atoms with Crippen LogP contribution in [0.25, 0.3) is 0 Å². The lowest BCUT2D eigenvalue weighted by atomic mass is 10.1. The summed E-state index contributed by atoms with van der Waals surface area (Å²) in [6, 6.07) is 18.2. The fraction of sp³-hybridized carbons (Fsp3) is 0.136. The number of rotatable bonds is 7. The van der Waals surface area contributed by atoms with Gasteiger partial charge in [-0.1, -0.05) is 24.3 Å². The molecule has 0 aliphatic heterocycles. The Balaban J connectivity index is 1.73. The van der Waals surface area contributed by atoms with Crippen molar-refractivity contribution < 1.29 is 22.3 Å². The molecule has 30 heavy (non-hydrogen) atoms. The Labute approximate surface area is 175 Å². The molecule has 1 amide bonds. The molecule has 0 heterocycles. The number of methoxy groups -OCH3 is 1. The van der Waals surface area contributed by atoms with Gasteiger partial charge in [0, 0.05) is 19.2 Å². The third-order valence-electron chi connectivity index (χ3n) is 4.44. The first kappa shape index (κ1) is 21.3. The molecule has 0 saturated carbocycles. The van der Waals surface area contributed by atoms with E-state index in [1.165, 1.54) is 48.4 Å². The number of nitrogens with one attached hydrogen (secondary N) is 1. The number of halogens is 1. The predicted octanol–water partition coefficient (Wildman–Crippen LogP) is 3.91. The van der Waals surface area contributed by atoms with Crippen LogP contribution in [0.2, 0.25) is 0 Å². The zero-order valence-electron chi connectivity index (χ0n) is 16.5. The van der Waals surface area contributed by atoms with E-state index in [0.29, 0.717) is 23.5 Å². The smallest absolute Gasteiger partial charge is 0.262 e. The van der Waals surface area contributed by atoms with Gasteiger partial charge in [0.15, 0.2) is 0 Å². The Hall–Kier alpha value is -3.39. The standard InChI is InChI=1S/C22H21FN2O4S/c1-25(15-16-7-11-18(23)12-8-16)22(26)17-9-13-19(14-10-17)30(27,28)24-20-5-3-4-6-21(20)29-2/h3-14,24H,15H2,1-2H3. The maximum Gasteiger partial charge on any atom is 0.262 e. The highest BCUT2D eigenvalue weighted by molar-refractivity contribution is 7.92. The van der Waals surface area contributed by atoms with Crippen LogP contribution in [0.5, 0.6) is 5.75 Å². The highest BCUT2D eigenvalue weighted by atomic mass is 32.2. The molecule has 0 unspecified atom stereocenters. The van der Waals surface area contributed by atoms with Gasteiger partial charge in [-0.15, -0.1) is 0 Å². The summed E-state index contributed by atoms with van der Waals surface area (Å²) in [5, 5.41) is 0. The van der Waals surface area contributed by atoms with Crippen molar-refractivity contribution in [3.8, 4) is 5.75 Å². The summed E-state index contributed by atoms with van der Waals surface area (Å²) in [4.78, 5) is 14.1. The Morgan fingerprint density at radius 3 is 2.27 bits per heavy atom. The molecule has 156 valence electrons. The number of hydrogen-bond acceptors (Lipinski definition) is 4. The molecule has 0 bridgehead atoms. The number of benzene rings is 3. The summed E-state index contributed by atoms with van der Waals surface area (Å²) in [7, 11) is -0.773. The van der Waals surface area contributed by atoms with Crippen molar-refractivity contribution in [1.29, 1.82) is 0 Å². The summed E-state index contributed by atoms with van der Waals surface area (Å²) < 4.78 is 46.0. The zero-order chi connectivity index (χ0) is 21.7. The quantitative estimate of drug-likeness (QED) is 0.619. The first-order chi connectivity index (χ1) is 14.3. The van der Waals surface area contributed by atoms with Crippen LogP contribution >= 0.6 is 0 Å². The number of nitrogens with zero attached hydrogens (tertiary/aromatic N) is 1. The number of sulfonamides is 1. The van der Waals surface area contributed by atoms with E-state index in [1.54, 1.807) is 43.4 Å². The van der Waals surface area contributed by atoms with Crippen molar-refractivity contribution in [1.82, 2.24) is 4.90 Å². The van der Waals surface area contributed by atoms with E-state index in [-0.39, 0.29) is 16.6 Å². The van der Waals surface area contributed by atoms with Crippen LogP contribution in [-0.2, 0) is 16.6 Å². The van der Waals surface area contributed by atoms with E-state index in [4.69, 9.17) is 4.74 Å². The minimum Gasteiger partial charge on any atom is -0.495 e. The van der Waals surface area contributed by atoms with Crippen molar-refractivity contribution in [3.05, 3.63) is 89.7 Å². The van der Waals surface area contributed by atoms with Gasteiger partial charge in [-0.25, -0.2) is 12.8 Å². The van der Waals surface area contributed by atoms with Gasteiger partial charge < -0.3 is 9.64 Å². The van der Waals surface area contributed by atoms with Gasteiger partial charge >= 0.3 is 0 Å². The second-order valence-corrected chi connectivity index (χ2v) is 8.30. The molecule has 3 aromatic rings.